The molecule has 0 spiro atoms. The molecular weight excluding hydrogens is 192 g/mol. The lowest BCUT2D eigenvalue weighted by Gasteiger charge is -2.11. The van der Waals surface area contributed by atoms with E-state index in [4.69, 9.17) is 9.47 Å². The van der Waals surface area contributed by atoms with Gasteiger partial charge >= 0.3 is 0 Å². The Labute approximate surface area is 90.6 Å². The molecule has 84 valence electrons. The van der Waals surface area contributed by atoms with E-state index >= 15 is 0 Å². The largest absolute Gasteiger partial charge is 0.504 e. The number of phenolic OH excluding ortho intramolecular Hbond substituents is 1. The summed E-state index contributed by atoms with van der Waals surface area (Å²) in [5.74, 6) is 1.37. The van der Waals surface area contributed by atoms with Gasteiger partial charge in [0.15, 0.2) is 11.5 Å². The number of phenols is 1. The summed E-state index contributed by atoms with van der Waals surface area (Å²) >= 11 is 0. The van der Waals surface area contributed by atoms with Crippen LogP contribution < -0.4 is 9.47 Å². The van der Waals surface area contributed by atoms with Crippen molar-refractivity contribution in [1.82, 2.24) is 0 Å². The first-order chi connectivity index (χ1) is 7.22. The Hall–Kier alpha value is -1.38. The topological polar surface area (TPSA) is 38.7 Å². The van der Waals surface area contributed by atoms with Gasteiger partial charge < -0.3 is 14.6 Å². The number of ether oxygens (including phenoxy) is 2. The maximum absolute atomic E-state index is 9.70. The monoisotopic (exact) mass is 210 g/mol. The van der Waals surface area contributed by atoms with Crippen LogP contribution in [0, 0.1) is 0 Å². The number of unbranched alkanes of at least 4 members (excludes halogenated alkanes) is 1. The molecule has 0 saturated heterocycles. The number of rotatable bonds is 5. The van der Waals surface area contributed by atoms with E-state index in [0.717, 1.165) is 24.8 Å². The molecule has 1 aromatic carbocycles. The molecule has 3 heteroatoms. The van der Waals surface area contributed by atoms with Crippen LogP contribution in [0.4, 0.5) is 0 Å². The molecule has 15 heavy (non-hydrogen) atoms. The second kappa shape index (κ2) is 5.49. The molecule has 0 fully saturated rings. The molecule has 0 bridgehead atoms. The first kappa shape index (κ1) is 11.7. The fourth-order valence-electron chi connectivity index (χ4n) is 1.55. The Morgan fingerprint density at radius 3 is 2.47 bits per heavy atom. The molecule has 0 aliphatic rings. The first-order valence-electron chi connectivity index (χ1n) is 5.16. The van der Waals surface area contributed by atoms with Crippen molar-refractivity contribution < 1.29 is 14.6 Å². The van der Waals surface area contributed by atoms with Crippen LogP contribution in [0.2, 0.25) is 0 Å². The second-order valence-electron chi connectivity index (χ2n) is 3.44. The number of aryl methyl sites for hydroxylation is 1. The third kappa shape index (κ3) is 2.78. The average Bonchev–Trinajstić information content (AvgIpc) is 2.25. The molecule has 1 N–H and O–H groups in total. The van der Waals surface area contributed by atoms with Crippen molar-refractivity contribution in [2.75, 3.05) is 14.2 Å². The first-order valence-corrected chi connectivity index (χ1v) is 5.16. The smallest absolute Gasteiger partial charge is 0.163 e. The van der Waals surface area contributed by atoms with Gasteiger partial charge in [0.2, 0.25) is 0 Å². The summed E-state index contributed by atoms with van der Waals surface area (Å²) in [6.45, 7) is 2.13. The third-order valence-electron chi connectivity index (χ3n) is 2.36. The molecule has 0 heterocycles. The van der Waals surface area contributed by atoms with Gasteiger partial charge in [0.25, 0.3) is 0 Å². The summed E-state index contributed by atoms with van der Waals surface area (Å²) in [7, 11) is 3.15. The Morgan fingerprint density at radius 2 is 1.93 bits per heavy atom. The van der Waals surface area contributed by atoms with E-state index in [1.54, 1.807) is 20.3 Å². The van der Waals surface area contributed by atoms with Gasteiger partial charge in [-0.25, -0.2) is 0 Å². The zero-order valence-electron chi connectivity index (χ0n) is 9.54. The van der Waals surface area contributed by atoms with Crippen molar-refractivity contribution >= 4 is 0 Å². The quantitative estimate of drug-likeness (QED) is 0.812. The van der Waals surface area contributed by atoms with Gasteiger partial charge in [0.05, 0.1) is 14.2 Å². The maximum atomic E-state index is 9.70. The van der Waals surface area contributed by atoms with Crippen molar-refractivity contribution in [3.05, 3.63) is 17.7 Å². The number of benzene rings is 1. The summed E-state index contributed by atoms with van der Waals surface area (Å²) in [4.78, 5) is 0. The number of hydrogen-bond donors (Lipinski definition) is 1. The minimum absolute atomic E-state index is 0.142. The van der Waals surface area contributed by atoms with Gasteiger partial charge in [0, 0.05) is 11.6 Å². The maximum Gasteiger partial charge on any atom is 0.163 e. The number of hydrogen-bond acceptors (Lipinski definition) is 3. The average molecular weight is 210 g/mol. The minimum Gasteiger partial charge on any atom is -0.504 e. The van der Waals surface area contributed by atoms with Crippen LogP contribution in [-0.4, -0.2) is 19.3 Å². The Kier molecular flexibility index (Phi) is 4.28. The molecule has 0 unspecified atom stereocenters. The lowest BCUT2D eigenvalue weighted by molar-refractivity contribution is 0.361. The fraction of sp³-hybridized carbons (Fsp3) is 0.500. The Morgan fingerprint density at radius 1 is 1.20 bits per heavy atom. The third-order valence-corrected chi connectivity index (χ3v) is 2.36. The summed E-state index contributed by atoms with van der Waals surface area (Å²) in [5.41, 5.74) is 0.996. The van der Waals surface area contributed by atoms with E-state index in [0.29, 0.717) is 11.5 Å². The summed E-state index contributed by atoms with van der Waals surface area (Å²) < 4.78 is 10.3. The predicted molar refractivity (Wildman–Crippen MR) is 59.8 cm³/mol. The van der Waals surface area contributed by atoms with E-state index in [1.165, 1.54) is 0 Å². The highest BCUT2D eigenvalue weighted by molar-refractivity contribution is 5.51. The van der Waals surface area contributed by atoms with Gasteiger partial charge in [-0.15, -0.1) is 0 Å². The predicted octanol–water partition coefficient (Wildman–Crippen LogP) is 2.75. The fourth-order valence-corrected chi connectivity index (χ4v) is 1.55. The molecule has 0 aliphatic heterocycles. The minimum atomic E-state index is 0.142. The van der Waals surface area contributed by atoms with Crippen LogP contribution in [0.5, 0.6) is 17.2 Å². The molecule has 0 radical (unpaired) electrons. The van der Waals surface area contributed by atoms with Crippen LogP contribution >= 0.6 is 0 Å². The standard InChI is InChI=1S/C12H18O3/c1-4-5-6-9-7-10(14-2)8-11(13)12(9)15-3/h7-8,13H,4-6H2,1-3H3. The highest BCUT2D eigenvalue weighted by atomic mass is 16.5. The second-order valence-corrected chi connectivity index (χ2v) is 3.44. The van der Waals surface area contributed by atoms with Crippen molar-refractivity contribution in [2.45, 2.75) is 26.2 Å². The molecule has 0 saturated carbocycles. The summed E-state index contributed by atoms with van der Waals surface area (Å²) in [5, 5.41) is 9.70. The Bertz CT molecular complexity index is 321. The SMILES string of the molecule is CCCCc1cc(OC)cc(O)c1OC. The van der Waals surface area contributed by atoms with Crippen LogP contribution in [0.15, 0.2) is 12.1 Å². The summed E-state index contributed by atoms with van der Waals surface area (Å²) in [6, 6.07) is 3.47. The Balaban J connectivity index is 3.02. The van der Waals surface area contributed by atoms with Gasteiger partial charge in [-0.3, -0.25) is 0 Å². The number of methoxy groups -OCH3 is 2. The molecular formula is C12H18O3. The highest BCUT2D eigenvalue weighted by Gasteiger charge is 2.10. The van der Waals surface area contributed by atoms with Gasteiger partial charge in [0.1, 0.15) is 5.75 Å². The lowest BCUT2D eigenvalue weighted by atomic mass is 10.1. The number of aromatic hydroxyl groups is 1. The molecule has 0 aliphatic carbocycles. The van der Waals surface area contributed by atoms with Gasteiger partial charge in [-0.05, 0) is 18.9 Å². The van der Waals surface area contributed by atoms with Crippen molar-refractivity contribution in [3.8, 4) is 17.2 Å². The van der Waals surface area contributed by atoms with E-state index in [-0.39, 0.29) is 5.75 Å². The molecule has 3 nitrogen and oxygen atoms in total. The molecule has 0 atom stereocenters. The van der Waals surface area contributed by atoms with Crippen LogP contribution in [0.25, 0.3) is 0 Å². The molecule has 0 amide bonds. The highest BCUT2D eigenvalue weighted by Crippen LogP contribution is 2.35. The van der Waals surface area contributed by atoms with Crippen LogP contribution in [0.1, 0.15) is 25.3 Å². The molecule has 1 aromatic rings. The van der Waals surface area contributed by atoms with Crippen molar-refractivity contribution in [1.29, 1.82) is 0 Å². The normalized spacial score (nSPS) is 10.1. The van der Waals surface area contributed by atoms with Crippen LogP contribution in [-0.2, 0) is 6.42 Å². The van der Waals surface area contributed by atoms with E-state index < -0.39 is 0 Å². The zero-order valence-corrected chi connectivity index (χ0v) is 9.54. The van der Waals surface area contributed by atoms with E-state index in [9.17, 15) is 5.11 Å². The molecule has 0 aromatic heterocycles. The molecule has 1 rings (SSSR count). The van der Waals surface area contributed by atoms with Crippen LogP contribution in [0.3, 0.4) is 0 Å². The summed E-state index contributed by atoms with van der Waals surface area (Å²) in [6.07, 6.45) is 3.08. The van der Waals surface area contributed by atoms with Crippen molar-refractivity contribution in [3.63, 3.8) is 0 Å². The lowest BCUT2D eigenvalue weighted by Crippen LogP contribution is -1.94. The van der Waals surface area contributed by atoms with E-state index in [2.05, 4.69) is 6.92 Å². The van der Waals surface area contributed by atoms with E-state index in [1.807, 2.05) is 6.07 Å². The van der Waals surface area contributed by atoms with Crippen molar-refractivity contribution in [2.24, 2.45) is 0 Å². The van der Waals surface area contributed by atoms with Gasteiger partial charge in [-0.1, -0.05) is 13.3 Å². The van der Waals surface area contributed by atoms with Gasteiger partial charge in [-0.2, -0.15) is 0 Å². The zero-order chi connectivity index (χ0) is 11.3.